The number of hydrogen-bond donors (Lipinski definition) is 1. The van der Waals surface area contributed by atoms with E-state index in [2.05, 4.69) is 10.5 Å². The van der Waals surface area contributed by atoms with E-state index in [1.807, 2.05) is 42.5 Å². The average Bonchev–Trinajstić information content (AvgIpc) is 3.17. The number of ether oxygens (including phenoxy) is 2. The molecule has 3 rings (SSSR count). The Balaban J connectivity index is 1.66. The van der Waals surface area contributed by atoms with Gasteiger partial charge in [-0.3, -0.25) is 4.79 Å². The van der Waals surface area contributed by atoms with Gasteiger partial charge < -0.3 is 19.3 Å². The van der Waals surface area contributed by atoms with Crippen molar-refractivity contribution in [3.05, 3.63) is 65.9 Å². The number of carbonyl (C=O) groups excluding carboxylic acids is 1. The summed E-state index contributed by atoms with van der Waals surface area (Å²) < 4.78 is 15.6. The Labute approximate surface area is 145 Å². The number of carbonyl (C=O) groups is 1. The number of nitrogens with zero attached hydrogens (tertiary/aromatic N) is 1. The standard InChI is InChI=1S/C19H18N2O4/c1-23-16-9-8-13(10-17(16)24-2)12-20-19(22)18-11-15(21-25-18)14-6-4-3-5-7-14/h3-11H,12H2,1-2H3,(H,20,22). The Morgan fingerprint density at radius 2 is 1.80 bits per heavy atom. The smallest absolute Gasteiger partial charge is 0.290 e. The van der Waals surface area contributed by atoms with Crippen LogP contribution in [0.1, 0.15) is 16.1 Å². The molecule has 1 heterocycles. The normalized spacial score (nSPS) is 10.3. The van der Waals surface area contributed by atoms with Crippen LogP contribution in [0.3, 0.4) is 0 Å². The highest BCUT2D eigenvalue weighted by molar-refractivity contribution is 5.92. The van der Waals surface area contributed by atoms with Crippen LogP contribution in [0, 0.1) is 0 Å². The molecular formula is C19H18N2O4. The number of nitrogens with one attached hydrogen (secondary N) is 1. The molecule has 2 aromatic carbocycles. The molecule has 0 saturated heterocycles. The minimum absolute atomic E-state index is 0.166. The van der Waals surface area contributed by atoms with Crippen LogP contribution in [0.2, 0.25) is 0 Å². The van der Waals surface area contributed by atoms with Crippen molar-refractivity contribution >= 4 is 5.91 Å². The van der Waals surface area contributed by atoms with Gasteiger partial charge in [0.2, 0.25) is 5.76 Å². The second kappa shape index (κ2) is 7.53. The average molecular weight is 338 g/mol. The van der Waals surface area contributed by atoms with Gasteiger partial charge in [0, 0.05) is 18.2 Å². The largest absolute Gasteiger partial charge is 0.493 e. The van der Waals surface area contributed by atoms with Gasteiger partial charge in [0.1, 0.15) is 5.69 Å². The van der Waals surface area contributed by atoms with Crippen LogP contribution < -0.4 is 14.8 Å². The quantitative estimate of drug-likeness (QED) is 0.746. The number of amides is 1. The van der Waals surface area contributed by atoms with Crippen LogP contribution in [0.15, 0.2) is 59.1 Å². The zero-order valence-corrected chi connectivity index (χ0v) is 14.0. The van der Waals surface area contributed by atoms with Crippen molar-refractivity contribution in [1.82, 2.24) is 10.5 Å². The maximum Gasteiger partial charge on any atom is 0.290 e. The van der Waals surface area contributed by atoms with Crippen LogP contribution >= 0.6 is 0 Å². The molecule has 0 atom stereocenters. The number of benzene rings is 2. The Kier molecular flexibility index (Phi) is 4.99. The molecule has 0 bridgehead atoms. The fourth-order valence-corrected chi connectivity index (χ4v) is 2.39. The first-order valence-electron chi connectivity index (χ1n) is 7.72. The molecule has 128 valence electrons. The van der Waals surface area contributed by atoms with Gasteiger partial charge in [-0.05, 0) is 17.7 Å². The SMILES string of the molecule is COc1ccc(CNC(=O)c2cc(-c3ccccc3)no2)cc1OC. The van der Waals surface area contributed by atoms with Crippen molar-refractivity contribution in [3.8, 4) is 22.8 Å². The first-order valence-corrected chi connectivity index (χ1v) is 7.72. The molecule has 1 aromatic heterocycles. The molecule has 0 saturated carbocycles. The van der Waals surface area contributed by atoms with E-state index in [0.717, 1.165) is 11.1 Å². The van der Waals surface area contributed by atoms with Gasteiger partial charge in [-0.15, -0.1) is 0 Å². The molecule has 0 aliphatic heterocycles. The lowest BCUT2D eigenvalue weighted by Gasteiger charge is -2.09. The van der Waals surface area contributed by atoms with Crippen molar-refractivity contribution < 1.29 is 18.8 Å². The van der Waals surface area contributed by atoms with E-state index in [0.29, 0.717) is 23.7 Å². The summed E-state index contributed by atoms with van der Waals surface area (Å²) >= 11 is 0. The van der Waals surface area contributed by atoms with Crippen LogP contribution in [0.25, 0.3) is 11.3 Å². The van der Waals surface area contributed by atoms with E-state index >= 15 is 0 Å². The molecule has 0 radical (unpaired) electrons. The Hall–Kier alpha value is -3.28. The summed E-state index contributed by atoms with van der Waals surface area (Å²) in [5.74, 6) is 1.09. The molecule has 1 N–H and O–H groups in total. The van der Waals surface area contributed by atoms with Gasteiger partial charge in [-0.2, -0.15) is 0 Å². The molecule has 6 nitrogen and oxygen atoms in total. The molecule has 0 unspecified atom stereocenters. The van der Waals surface area contributed by atoms with E-state index in [-0.39, 0.29) is 11.7 Å². The lowest BCUT2D eigenvalue weighted by Crippen LogP contribution is -2.22. The summed E-state index contributed by atoms with van der Waals surface area (Å²) in [6, 6.07) is 16.6. The highest BCUT2D eigenvalue weighted by Gasteiger charge is 2.14. The third kappa shape index (κ3) is 3.80. The summed E-state index contributed by atoms with van der Waals surface area (Å²) in [6.45, 7) is 0.334. The topological polar surface area (TPSA) is 73.6 Å². The van der Waals surface area contributed by atoms with E-state index in [1.165, 1.54) is 0 Å². The van der Waals surface area contributed by atoms with Gasteiger partial charge in [0.15, 0.2) is 11.5 Å². The predicted octanol–water partition coefficient (Wildman–Crippen LogP) is 3.29. The summed E-state index contributed by atoms with van der Waals surface area (Å²) in [6.07, 6.45) is 0. The van der Waals surface area contributed by atoms with Crippen molar-refractivity contribution in [2.75, 3.05) is 14.2 Å². The summed E-state index contributed by atoms with van der Waals surface area (Å²) in [4.78, 5) is 12.2. The van der Waals surface area contributed by atoms with Crippen molar-refractivity contribution in [2.24, 2.45) is 0 Å². The molecule has 1 amide bonds. The Morgan fingerprint density at radius 1 is 1.04 bits per heavy atom. The summed E-state index contributed by atoms with van der Waals surface area (Å²) in [5.41, 5.74) is 2.40. The minimum atomic E-state index is -0.329. The third-order valence-corrected chi connectivity index (χ3v) is 3.70. The Bertz CT molecular complexity index is 859. The highest BCUT2D eigenvalue weighted by Crippen LogP contribution is 2.27. The van der Waals surface area contributed by atoms with Crippen molar-refractivity contribution in [1.29, 1.82) is 0 Å². The van der Waals surface area contributed by atoms with Gasteiger partial charge in [0.25, 0.3) is 5.91 Å². The number of hydrogen-bond acceptors (Lipinski definition) is 5. The third-order valence-electron chi connectivity index (χ3n) is 3.70. The van der Waals surface area contributed by atoms with E-state index in [9.17, 15) is 4.79 Å². The van der Waals surface area contributed by atoms with Crippen LogP contribution in [-0.4, -0.2) is 25.3 Å². The highest BCUT2D eigenvalue weighted by atomic mass is 16.5. The van der Waals surface area contributed by atoms with Crippen molar-refractivity contribution in [2.45, 2.75) is 6.54 Å². The maximum atomic E-state index is 12.2. The van der Waals surface area contributed by atoms with Crippen LogP contribution in [0.4, 0.5) is 0 Å². The lowest BCUT2D eigenvalue weighted by atomic mass is 10.1. The number of methoxy groups -OCH3 is 2. The zero-order chi connectivity index (χ0) is 17.6. The molecule has 25 heavy (non-hydrogen) atoms. The van der Waals surface area contributed by atoms with E-state index < -0.39 is 0 Å². The molecule has 3 aromatic rings. The first-order chi connectivity index (χ1) is 12.2. The van der Waals surface area contributed by atoms with Crippen molar-refractivity contribution in [3.63, 3.8) is 0 Å². The second-order valence-electron chi connectivity index (χ2n) is 5.31. The number of rotatable bonds is 6. The van der Waals surface area contributed by atoms with Crippen LogP contribution in [-0.2, 0) is 6.54 Å². The zero-order valence-electron chi connectivity index (χ0n) is 14.0. The van der Waals surface area contributed by atoms with Crippen LogP contribution in [0.5, 0.6) is 11.5 Å². The molecule has 6 heteroatoms. The molecule has 0 spiro atoms. The lowest BCUT2D eigenvalue weighted by molar-refractivity contribution is 0.0914. The fourth-order valence-electron chi connectivity index (χ4n) is 2.39. The maximum absolute atomic E-state index is 12.2. The Morgan fingerprint density at radius 3 is 2.52 bits per heavy atom. The van der Waals surface area contributed by atoms with Gasteiger partial charge in [-0.25, -0.2) is 0 Å². The van der Waals surface area contributed by atoms with E-state index in [4.69, 9.17) is 14.0 Å². The first kappa shape index (κ1) is 16.6. The number of aromatic nitrogens is 1. The second-order valence-corrected chi connectivity index (χ2v) is 5.31. The van der Waals surface area contributed by atoms with Gasteiger partial charge >= 0.3 is 0 Å². The predicted molar refractivity (Wildman–Crippen MR) is 92.7 cm³/mol. The molecular weight excluding hydrogens is 320 g/mol. The minimum Gasteiger partial charge on any atom is -0.493 e. The molecule has 0 aliphatic carbocycles. The van der Waals surface area contributed by atoms with E-state index in [1.54, 1.807) is 26.4 Å². The molecule has 0 fully saturated rings. The van der Waals surface area contributed by atoms with Gasteiger partial charge in [-0.1, -0.05) is 41.6 Å². The monoisotopic (exact) mass is 338 g/mol. The molecule has 0 aliphatic rings. The summed E-state index contributed by atoms with van der Waals surface area (Å²) in [5, 5.41) is 6.74. The fraction of sp³-hybridized carbons (Fsp3) is 0.158. The van der Waals surface area contributed by atoms with Gasteiger partial charge in [0.05, 0.1) is 14.2 Å². The summed E-state index contributed by atoms with van der Waals surface area (Å²) in [7, 11) is 3.15.